The molecule has 0 rings (SSSR count). The first-order chi connectivity index (χ1) is 4.42. The molecule has 0 bridgehead atoms. The van der Waals surface area contributed by atoms with Crippen LogP contribution in [0.5, 0.6) is 0 Å². The van der Waals surface area contributed by atoms with E-state index < -0.39 is 7.63 Å². The fraction of sp³-hybridized carbons (Fsp3) is 0.600. The largest absolute Gasteiger partial charge is 0.416 e. The smallest absolute Gasteiger partial charge is 0.191 e. The van der Waals surface area contributed by atoms with Crippen LogP contribution in [0.3, 0.4) is 0 Å². The average Bonchev–Trinajstić information content (AvgIpc) is 1.59. The van der Waals surface area contributed by atoms with Gasteiger partial charge in [0.15, 0.2) is 0 Å². The highest BCUT2D eigenvalue weighted by Crippen LogP contribution is 2.59. The standard InChI is InChI=1S/C5H13O3P2/c1-5(2)3-4-8-10(6,7)9/h6-7H,1,3-4,9H2,2H3/q+1. The fourth-order valence-electron chi connectivity index (χ4n) is 0.354. The second-order valence-electron chi connectivity index (χ2n) is 2.13. The Balaban J connectivity index is 3.29. The van der Waals surface area contributed by atoms with Crippen molar-refractivity contribution < 1.29 is 14.3 Å². The molecule has 0 aliphatic carbocycles. The topological polar surface area (TPSA) is 49.7 Å². The van der Waals surface area contributed by atoms with Gasteiger partial charge in [-0.1, -0.05) is 5.57 Å². The summed E-state index contributed by atoms with van der Waals surface area (Å²) in [6.07, 6.45) is 0.664. The fourth-order valence-corrected chi connectivity index (χ4v) is 1.03. The second-order valence-corrected chi connectivity index (χ2v) is 5.58. The molecule has 0 aliphatic heterocycles. The van der Waals surface area contributed by atoms with Gasteiger partial charge >= 0.3 is 7.63 Å². The summed E-state index contributed by atoms with van der Waals surface area (Å²) in [5.74, 6) is 0. The van der Waals surface area contributed by atoms with Crippen molar-refractivity contribution in [2.24, 2.45) is 0 Å². The Kier molecular flexibility index (Phi) is 4.59. The first-order valence-corrected chi connectivity index (χ1v) is 6.07. The third-order valence-electron chi connectivity index (χ3n) is 0.810. The summed E-state index contributed by atoms with van der Waals surface area (Å²) in [7, 11) is -1.23. The van der Waals surface area contributed by atoms with Gasteiger partial charge < -0.3 is 0 Å². The van der Waals surface area contributed by atoms with E-state index in [0.29, 0.717) is 13.0 Å². The molecule has 0 saturated heterocycles. The Hall–Kier alpha value is 0.480. The summed E-state index contributed by atoms with van der Waals surface area (Å²) < 4.78 is 4.66. The number of rotatable bonds is 4. The van der Waals surface area contributed by atoms with E-state index in [2.05, 4.69) is 11.1 Å². The number of hydrogen-bond acceptors (Lipinski definition) is 3. The zero-order valence-electron chi connectivity index (χ0n) is 5.95. The van der Waals surface area contributed by atoms with Crippen LogP contribution in [-0.4, -0.2) is 16.4 Å². The van der Waals surface area contributed by atoms with Gasteiger partial charge in [-0.25, -0.2) is 0 Å². The van der Waals surface area contributed by atoms with Gasteiger partial charge in [0.1, 0.15) is 15.5 Å². The van der Waals surface area contributed by atoms with Crippen molar-refractivity contribution in [1.82, 2.24) is 0 Å². The summed E-state index contributed by atoms with van der Waals surface area (Å²) in [5, 5.41) is 0. The van der Waals surface area contributed by atoms with Crippen LogP contribution in [0.25, 0.3) is 0 Å². The molecule has 10 heavy (non-hydrogen) atoms. The van der Waals surface area contributed by atoms with Gasteiger partial charge in [0.25, 0.3) is 0 Å². The van der Waals surface area contributed by atoms with E-state index in [4.69, 9.17) is 9.79 Å². The van der Waals surface area contributed by atoms with Crippen LogP contribution in [0, 0.1) is 0 Å². The Labute approximate surface area is 63.8 Å². The molecule has 0 aromatic rings. The lowest BCUT2D eigenvalue weighted by atomic mass is 10.3. The molecule has 0 fully saturated rings. The van der Waals surface area contributed by atoms with Crippen molar-refractivity contribution in [2.75, 3.05) is 6.61 Å². The van der Waals surface area contributed by atoms with E-state index in [9.17, 15) is 0 Å². The van der Waals surface area contributed by atoms with Crippen molar-refractivity contribution in [3.05, 3.63) is 12.2 Å². The zero-order chi connectivity index (χ0) is 8.20. The maximum atomic E-state index is 8.71. The van der Waals surface area contributed by atoms with E-state index in [-0.39, 0.29) is 0 Å². The van der Waals surface area contributed by atoms with Crippen molar-refractivity contribution in [3.8, 4) is 0 Å². The zero-order valence-corrected chi connectivity index (χ0v) is 8.00. The summed E-state index contributed by atoms with van der Waals surface area (Å²) in [4.78, 5) is 17.4. The molecule has 1 unspecified atom stereocenters. The molecule has 0 aromatic carbocycles. The predicted octanol–water partition coefficient (Wildman–Crippen LogP) is 1.51. The van der Waals surface area contributed by atoms with Crippen molar-refractivity contribution in [1.29, 1.82) is 0 Å². The minimum Gasteiger partial charge on any atom is -0.191 e. The Morgan fingerprint density at radius 1 is 1.70 bits per heavy atom. The third-order valence-corrected chi connectivity index (χ3v) is 1.82. The van der Waals surface area contributed by atoms with Crippen LogP contribution in [0.1, 0.15) is 13.3 Å². The summed E-state index contributed by atoms with van der Waals surface area (Å²) >= 11 is 0. The summed E-state index contributed by atoms with van der Waals surface area (Å²) in [5.41, 5.74) is 0.971. The lowest BCUT2D eigenvalue weighted by molar-refractivity contribution is 0.251. The van der Waals surface area contributed by atoms with E-state index in [1.54, 1.807) is 0 Å². The van der Waals surface area contributed by atoms with E-state index >= 15 is 0 Å². The van der Waals surface area contributed by atoms with E-state index in [1.807, 2.05) is 15.9 Å². The Morgan fingerprint density at radius 2 is 2.20 bits per heavy atom. The molecule has 60 valence electrons. The maximum Gasteiger partial charge on any atom is 0.416 e. The van der Waals surface area contributed by atoms with Crippen LogP contribution in [0.4, 0.5) is 0 Å². The average molecular weight is 183 g/mol. The minimum atomic E-state index is -3.10. The SMILES string of the molecule is C=C(C)CCO[P+](O)(O)P. The molecule has 0 heterocycles. The van der Waals surface area contributed by atoms with Crippen molar-refractivity contribution >= 4 is 16.6 Å². The van der Waals surface area contributed by atoms with Crippen LogP contribution in [0.2, 0.25) is 0 Å². The van der Waals surface area contributed by atoms with Gasteiger partial charge in [0.2, 0.25) is 0 Å². The molecular formula is C5H13O3P2+. The Morgan fingerprint density at radius 3 is 2.50 bits per heavy atom. The minimum absolute atomic E-state index is 0.319. The molecule has 0 aromatic heterocycles. The third kappa shape index (κ3) is 8.48. The van der Waals surface area contributed by atoms with Crippen LogP contribution >= 0.6 is 16.6 Å². The van der Waals surface area contributed by atoms with Crippen LogP contribution < -0.4 is 0 Å². The number of hydrogen-bond donors (Lipinski definition) is 2. The van der Waals surface area contributed by atoms with Gasteiger partial charge in [-0.3, -0.25) is 0 Å². The van der Waals surface area contributed by atoms with Crippen molar-refractivity contribution in [2.45, 2.75) is 13.3 Å². The molecular weight excluding hydrogens is 170 g/mol. The van der Waals surface area contributed by atoms with E-state index in [1.165, 1.54) is 0 Å². The molecule has 0 spiro atoms. The summed E-state index contributed by atoms with van der Waals surface area (Å²) in [6.45, 7) is 5.82. The highest BCUT2D eigenvalue weighted by molar-refractivity contribution is 8.15. The molecule has 3 nitrogen and oxygen atoms in total. The lowest BCUT2D eigenvalue weighted by Gasteiger charge is -2.04. The molecule has 5 heteroatoms. The molecule has 1 atom stereocenters. The monoisotopic (exact) mass is 183 g/mol. The van der Waals surface area contributed by atoms with Crippen LogP contribution in [0.15, 0.2) is 12.2 Å². The first-order valence-electron chi connectivity index (χ1n) is 2.84. The predicted molar refractivity (Wildman–Crippen MR) is 46.5 cm³/mol. The van der Waals surface area contributed by atoms with E-state index in [0.717, 1.165) is 5.57 Å². The van der Waals surface area contributed by atoms with Crippen LogP contribution in [-0.2, 0) is 4.52 Å². The normalized spacial score (nSPS) is 11.6. The van der Waals surface area contributed by atoms with Gasteiger partial charge in [0, 0.05) is 0 Å². The molecule has 0 saturated carbocycles. The Bertz CT molecular complexity index is 119. The molecule has 0 aliphatic rings. The summed E-state index contributed by atoms with van der Waals surface area (Å²) in [6, 6.07) is 0. The first kappa shape index (κ1) is 10.5. The van der Waals surface area contributed by atoms with Crippen molar-refractivity contribution in [3.63, 3.8) is 0 Å². The molecule has 0 radical (unpaired) electrons. The maximum absolute atomic E-state index is 8.71. The quantitative estimate of drug-likeness (QED) is 0.513. The van der Waals surface area contributed by atoms with Gasteiger partial charge in [-0.05, 0) is 13.3 Å². The lowest BCUT2D eigenvalue weighted by Crippen LogP contribution is -1.92. The van der Waals surface area contributed by atoms with Gasteiger partial charge in [-0.15, -0.1) is 6.58 Å². The highest BCUT2D eigenvalue weighted by atomic mass is 32.1. The molecule has 2 N–H and O–H groups in total. The molecule has 0 amide bonds. The second kappa shape index (κ2) is 4.38. The highest BCUT2D eigenvalue weighted by Gasteiger charge is 2.26. The van der Waals surface area contributed by atoms with Gasteiger partial charge in [-0.2, -0.15) is 14.3 Å². The van der Waals surface area contributed by atoms with Gasteiger partial charge in [0.05, 0.1) is 0 Å².